The first-order chi connectivity index (χ1) is 16.5. The summed E-state index contributed by atoms with van der Waals surface area (Å²) in [6, 6.07) is 23.6. The Bertz CT molecular complexity index is 1070. The van der Waals surface area contributed by atoms with E-state index in [1.54, 1.807) is 12.1 Å². The van der Waals surface area contributed by atoms with Gasteiger partial charge in [0.1, 0.15) is 5.75 Å². The van der Waals surface area contributed by atoms with Crippen LogP contribution in [0.2, 0.25) is 0 Å². The second kappa shape index (κ2) is 9.92. The highest BCUT2D eigenvalue weighted by molar-refractivity contribution is 7.98. The van der Waals surface area contributed by atoms with Gasteiger partial charge in [-0.3, -0.25) is 0 Å². The van der Waals surface area contributed by atoms with Crippen molar-refractivity contribution in [3.05, 3.63) is 95.1 Å². The molecule has 1 aliphatic heterocycles. The van der Waals surface area contributed by atoms with Gasteiger partial charge in [0.15, 0.2) is 0 Å². The van der Waals surface area contributed by atoms with Crippen molar-refractivity contribution in [2.24, 2.45) is 5.92 Å². The summed E-state index contributed by atoms with van der Waals surface area (Å²) in [6.45, 7) is 1.92. The second-order valence-electron chi connectivity index (χ2n) is 8.93. The highest BCUT2D eigenvalue weighted by Gasteiger charge is 2.34. The molecule has 0 amide bonds. The van der Waals surface area contributed by atoms with Crippen molar-refractivity contribution in [3.63, 3.8) is 0 Å². The van der Waals surface area contributed by atoms with Crippen LogP contribution in [0.25, 0.3) is 0 Å². The maximum Gasteiger partial charge on any atom is 0.573 e. The summed E-state index contributed by atoms with van der Waals surface area (Å²) in [4.78, 5) is 0. The minimum atomic E-state index is -4.68. The monoisotopic (exact) mass is 484 g/mol. The van der Waals surface area contributed by atoms with Crippen LogP contribution in [0.5, 0.6) is 5.75 Å². The average molecular weight is 485 g/mol. The quantitative estimate of drug-likeness (QED) is 0.387. The Kier molecular flexibility index (Phi) is 6.75. The summed E-state index contributed by atoms with van der Waals surface area (Å²) in [5.41, 5.74) is 6.56. The summed E-state index contributed by atoms with van der Waals surface area (Å²) in [5, 5.41) is 0. The van der Waals surface area contributed by atoms with Crippen LogP contribution in [-0.2, 0) is 12.8 Å². The first-order valence-electron chi connectivity index (χ1n) is 11.7. The van der Waals surface area contributed by atoms with E-state index in [1.807, 2.05) is 0 Å². The third kappa shape index (κ3) is 5.36. The first-order valence-corrected chi connectivity index (χ1v) is 12.4. The van der Waals surface area contributed by atoms with Gasteiger partial charge >= 0.3 is 6.36 Å². The number of hydrogen-bond acceptors (Lipinski definition) is 4. The molecule has 0 spiro atoms. The lowest BCUT2D eigenvalue weighted by Crippen LogP contribution is -2.35. The predicted molar refractivity (Wildman–Crippen MR) is 131 cm³/mol. The van der Waals surface area contributed by atoms with Crippen LogP contribution in [-0.4, -0.2) is 23.8 Å². The molecule has 34 heavy (non-hydrogen) atoms. The van der Waals surface area contributed by atoms with Gasteiger partial charge in [-0.25, -0.2) is 4.31 Å². The van der Waals surface area contributed by atoms with E-state index in [0.717, 1.165) is 38.0 Å². The number of nitrogens with one attached hydrogen (secondary N) is 1. The van der Waals surface area contributed by atoms with E-state index in [4.69, 9.17) is 0 Å². The van der Waals surface area contributed by atoms with Gasteiger partial charge in [0.05, 0.1) is 0 Å². The minimum Gasteiger partial charge on any atom is -0.406 e. The molecule has 3 aromatic carbocycles. The number of anilines is 1. The van der Waals surface area contributed by atoms with Gasteiger partial charge in [-0.05, 0) is 78.1 Å². The minimum absolute atomic E-state index is 0.216. The zero-order valence-corrected chi connectivity index (χ0v) is 19.5. The first kappa shape index (κ1) is 23.1. The number of piperidine rings is 1. The van der Waals surface area contributed by atoms with E-state index < -0.39 is 6.36 Å². The van der Waals surface area contributed by atoms with Crippen LogP contribution in [0.1, 0.15) is 41.0 Å². The molecular formula is C27H27F3N2OS. The van der Waals surface area contributed by atoms with Crippen LogP contribution >= 0.6 is 12.1 Å². The van der Waals surface area contributed by atoms with Crippen LogP contribution < -0.4 is 9.46 Å². The zero-order chi connectivity index (χ0) is 23.5. The third-order valence-corrected chi connectivity index (χ3v) is 7.63. The molecule has 0 aromatic heterocycles. The number of fused-ring (bicyclic) bond motifs is 2. The molecule has 0 saturated carbocycles. The van der Waals surface area contributed by atoms with Gasteiger partial charge in [-0.1, -0.05) is 48.5 Å². The van der Waals surface area contributed by atoms with Gasteiger partial charge in [-0.15, -0.1) is 13.2 Å². The maximum absolute atomic E-state index is 12.4. The zero-order valence-electron chi connectivity index (χ0n) is 18.7. The van der Waals surface area contributed by atoms with E-state index in [-0.39, 0.29) is 5.75 Å². The molecule has 7 heteroatoms. The number of halogens is 3. The Labute approximate surface area is 202 Å². The van der Waals surface area contributed by atoms with Crippen LogP contribution in [0.3, 0.4) is 0 Å². The summed E-state index contributed by atoms with van der Waals surface area (Å²) >= 11 is 1.53. The number of nitrogens with zero attached hydrogens (tertiary/aromatic N) is 1. The average Bonchev–Trinajstić information content (AvgIpc) is 3.00. The van der Waals surface area contributed by atoms with Gasteiger partial charge < -0.3 is 9.46 Å². The number of hydrogen-bond donors (Lipinski definition) is 1. The lowest BCUT2D eigenvalue weighted by molar-refractivity contribution is -0.274. The van der Waals surface area contributed by atoms with Crippen molar-refractivity contribution in [1.29, 1.82) is 0 Å². The van der Waals surface area contributed by atoms with Gasteiger partial charge in [0.25, 0.3) is 0 Å². The summed E-state index contributed by atoms with van der Waals surface area (Å²) in [6.07, 6.45) is -0.247. The molecule has 1 fully saturated rings. The Morgan fingerprint density at radius 2 is 1.47 bits per heavy atom. The fraction of sp³-hybridized carbons (Fsp3) is 0.333. The van der Waals surface area contributed by atoms with E-state index in [0.29, 0.717) is 11.8 Å². The maximum atomic E-state index is 12.4. The predicted octanol–water partition coefficient (Wildman–Crippen LogP) is 7.20. The van der Waals surface area contributed by atoms with Gasteiger partial charge in [0.2, 0.25) is 0 Å². The van der Waals surface area contributed by atoms with Crippen molar-refractivity contribution in [1.82, 2.24) is 4.31 Å². The van der Waals surface area contributed by atoms with Crippen molar-refractivity contribution < 1.29 is 17.9 Å². The molecular weight excluding hydrogens is 457 g/mol. The molecule has 1 saturated heterocycles. The van der Waals surface area contributed by atoms with Crippen molar-refractivity contribution in [2.75, 3.05) is 17.8 Å². The second-order valence-corrected chi connectivity index (χ2v) is 9.83. The molecule has 2 aliphatic rings. The summed E-state index contributed by atoms with van der Waals surface area (Å²) < 4.78 is 46.7. The molecule has 1 aliphatic carbocycles. The summed E-state index contributed by atoms with van der Waals surface area (Å²) in [7, 11) is 0. The topological polar surface area (TPSA) is 24.5 Å². The Morgan fingerprint density at radius 1 is 0.853 bits per heavy atom. The highest BCUT2D eigenvalue weighted by Crippen LogP contribution is 2.43. The fourth-order valence-corrected chi connectivity index (χ4v) is 6.10. The molecule has 1 atom stereocenters. The van der Waals surface area contributed by atoms with E-state index >= 15 is 0 Å². The third-order valence-electron chi connectivity index (χ3n) is 6.72. The number of alkyl halides is 3. The van der Waals surface area contributed by atoms with Crippen molar-refractivity contribution >= 4 is 17.8 Å². The SMILES string of the molecule is FC(F)(F)Oc1ccc(NSN2CCCC(C3c4ccccc4CCc4ccccc43)C2)cc1. The number of benzene rings is 3. The molecule has 1 heterocycles. The largest absolute Gasteiger partial charge is 0.573 e. The molecule has 0 bridgehead atoms. The molecule has 0 radical (unpaired) electrons. The van der Waals surface area contributed by atoms with E-state index in [1.165, 1.54) is 52.9 Å². The lowest BCUT2D eigenvalue weighted by Gasteiger charge is -2.37. The Hall–Kier alpha value is -2.64. The number of rotatable bonds is 5. The molecule has 1 unspecified atom stereocenters. The summed E-state index contributed by atoms with van der Waals surface area (Å²) in [5.74, 6) is 0.648. The van der Waals surface area contributed by atoms with Gasteiger partial charge in [0, 0.05) is 36.8 Å². The fourth-order valence-electron chi connectivity index (χ4n) is 5.25. The van der Waals surface area contributed by atoms with Crippen LogP contribution in [0.15, 0.2) is 72.8 Å². The van der Waals surface area contributed by atoms with Crippen LogP contribution in [0, 0.1) is 5.92 Å². The van der Waals surface area contributed by atoms with Gasteiger partial charge in [-0.2, -0.15) is 0 Å². The smallest absolute Gasteiger partial charge is 0.406 e. The standard InChI is InChI=1S/C27H27F3N2OS/c28-27(29,30)33-23-15-13-22(14-16-23)31-34-32-17-5-8-21(18-32)26-24-9-3-1-6-19(24)11-12-20-7-2-4-10-25(20)26/h1-4,6-7,9-10,13-16,21,26,31H,5,8,11-12,17-18H2. The molecule has 5 rings (SSSR count). The number of aryl methyl sites for hydroxylation is 2. The molecule has 3 nitrogen and oxygen atoms in total. The van der Waals surface area contributed by atoms with E-state index in [2.05, 4.69) is 62.3 Å². The lowest BCUT2D eigenvalue weighted by atomic mass is 9.76. The Balaban J connectivity index is 1.29. The van der Waals surface area contributed by atoms with Crippen molar-refractivity contribution in [3.8, 4) is 5.75 Å². The Morgan fingerprint density at radius 3 is 2.09 bits per heavy atom. The van der Waals surface area contributed by atoms with E-state index in [9.17, 15) is 13.2 Å². The highest BCUT2D eigenvalue weighted by atomic mass is 32.2. The normalized spacial score (nSPS) is 19.1. The van der Waals surface area contributed by atoms with Crippen molar-refractivity contribution in [2.45, 2.75) is 38.0 Å². The molecule has 3 aromatic rings. The molecule has 1 N–H and O–H groups in total. The molecule has 178 valence electrons. The van der Waals surface area contributed by atoms with Crippen LogP contribution in [0.4, 0.5) is 18.9 Å². The number of ether oxygens (including phenoxy) is 1.